The van der Waals surface area contributed by atoms with E-state index in [2.05, 4.69) is 4.36 Å². The number of aliphatic hydroxyl groups is 1. The van der Waals surface area contributed by atoms with Gasteiger partial charge in [-0.15, -0.1) is 0 Å². The van der Waals surface area contributed by atoms with Gasteiger partial charge < -0.3 is 5.11 Å². The number of hydrogen-bond acceptors (Lipinski definition) is 3. The molecule has 3 nitrogen and oxygen atoms in total. The average molecular weight is 199 g/mol. The predicted octanol–water partition coefficient (Wildman–Crippen LogP) is 1.27. The second-order valence-corrected chi connectivity index (χ2v) is 5.16. The van der Waals surface area contributed by atoms with Gasteiger partial charge in [0, 0.05) is 13.3 Å². The van der Waals surface area contributed by atoms with E-state index in [0.29, 0.717) is 10.5 Å². The predicted molar refractivity (Wildman–Crippen MR) is 53.0 cm³/mol. The summed E-state index contributed by atoms with van der Waals surface area (Å²) in [4.78, 5) is 0.625. The summed E-state index contributed by atoms with van der Waals surface area (Å²) in [7, 11) is -0.802. The highest BCUT2D eigenvalue weighted by atomic mass is 32.2. The highest BCUT2D eigenvalue weighted by Gasteiger charge is 2.08. The molecule has 1 N–H and O–H groups in total. The van der Waals surface area contributed by atoms with Crippen LogP contribution in [0.4, 0.5) is 0 Å². The minimum atomic E-state index is -2.33. The van der Waals surface area contributed by atoms with Gasteiger partial charge in [0.15, 0.2) is 0 Å². The summed E-state index contributed by atoms with van der Waals surface area (Å²) in [6, 6.07) is 7.09. The minimum Gasteiger partial charge on any atom is -0.392 e. The van der Waals surface area contributed by atoms with E-state index in [1.165, 1.54) is 7.05 Å². The first-order valence-corrected chi connectivity index (χ1v) is 5.83. The van der Waals surface area contributed by atoms with Gasteiger partial charge in [-0.25, -0.2) is 8.57 Å². The monoisotopic (exact) mass is 199 g/mol. The first kappa shape index (κ1) is 10.2. The van der Waals surface area contributed by atoms with E-state index in [9.17, 15) is 4.21 Å². The van der Waals surface area contributed by atoms with Gasteiger partial charge >= 0.3 is 0 Å². The normalized spacial score (nSPS) is 15.0. The quantitative estimate of drug-likeness (QED) is 0.779. The van der Waals surface area contributed by atoms with Crippen LogP contribution >= 0.6 is 0 Å². The molecule has 0 aromatic heterocycles. The molecule has 1 atom stereocenters. The Hall–Kier alpha value is -0.870. The minimum absolute atomic E-state index is 0.101. The Kier molecular flexibility index (Phi) is 3.06. The number of aliphatic hydroxyl groups excluding tert-OH is 1. The van der Waals surface area contributed by atoms with Crippen LogP contribution in [-0.4, -0.2) is 22.6 Å². The summed E-state index contributed by atoms with van der Waals surface area (Å²) < 4.78 is 15.7. The van der Waals surface area contributed by atoms with Crippen molar-refractivity contribution in [1.82, 2.24) is 0 Å². The zero-order valence-corrected chi connectivity index (χ0v) is 8.54. The lowest BCUT2D eigenvalue weighted by Crippen LogP contribution is -2.01. The second-order valence-electron chi connectivity index (χ2n) is 2.75. The molecule has 0 spiro atoms. The maximum atomic E-state index is 11.9. The van der Waals surface area contributed by atoms with E-state index in [0.717, 1.165) is 0 Å². The third-order valence-corrected chi connectivity index (χ3v) is 3.81. The number of nitrogens with zero attached hydrogens (tertiary/aromatic N) is 1. The first-order chi connectivity index (χ1) is 6.11. The van der Waals surface area contributed by atoms with Crippen molar-refractivity contribution in [2.75, 3.05) is 13.3 Å². The van der Waals surface area contributed by atoms with E-state index >= 15 is 0 Å². The van der Waals surface area contributed by atoms with Crippen molar-refractivity contribution in [2.45, 2.75) is 11.5 Å². The van der Waals surface area contributed by atoms with Crippen LogP contribution in [0.25, 0.3) is 0 Å². The Balaban J connectivity index is 3.38. The van der Waals surface area contributed by atoms with Crippen molar-refractivity contribution in [2.24, 2.45) is 4.36 Å². The van der Waals surface area contributed by atoms with Crippen LogP contribution in [-0.2, 0) is 16.3 Å². The maximum absolute atomic E-state index is 11.9. The van der Waals surface area contributed by atoms with Gasteiger partial charge in [0.05, 0.1) is 21.2 Å². The SMILES string of the molecule is CN=S(C)(=O)c1ccccc1CO. The van der Waals surface area contributed by atoms with E-state index < -0.39 is 9.73 Å². The number of hydrogen-bond donors (Lipinski definition) is 1. The van der Waals surface area contributed by atoms with E-state index in [1.54, 1.807) is 30.5 Å². The third kappa shape index (κ3) is 2.08. The van der Waals surface area contributed by atoms with Gasteiger partial charge in [-0.2, -0.15) is 0 Å². The first-order valence-electron chi connectivity index (χ1n) is 3.91. The summed E-state index contributed by atoms with van der Waals surface area (Å²) in [6.45, 7) is -0.101. The molecule has 1 aromatic rings. The van der Waals surface area contributed by atoms with Gasteiger partial charge in [0.2, 0.25) is 0 Å². The lowest BCUT2D eigenvalue weighted by molar-refractivity contribution is 0.278. The van der Waals surface area contributed by atoms with Gasteiger partial charge in [0.1, 0.15) is 0 Å². The summed E-state index contributed by atoms with van der Waals surface area (Å²) in [5.74, 6) is 0. The molecule has 0 aliphatic carbocycles. The van der Waals surface area contributed by atoms with Crippen LogP contribution in [0, 0.1) is 0 Å². The molecule has 0 saturated heterocycles. The smallest absolute Gasteiger partial charge is 0.0723 e. The molecule has 0 heterocycles. The van der Waals surface area contributed by atoms with Crippen LogP contribution in [0.1, 0.15) is 5.56 Å². The molecule has 0 fully saturated rings. The summed E-state index contributed by atoms with van der Waals surface area (Å²) in [5, 5.41) is 9.01. The molecule has 4 heteroatoms. The fraction of sp³-hybridized carbons (Fsp3) is 0.333. The van der Waals surface area contributed by atoms with Gasteiger partial charge in [-0.3, -0.25) is 0 Å². The number of benzene rings is 1. The molecular weight excluding hydrogens is 186 g/mol. The molecule has 0 bridgehead atoms. The van der Waals surface area contributed by atoms with Crippen molar-refractivity contribution in [1.29, 1.82) is 0 Å². The van der Waals surface area contributed by atoms with Crippen molar-refractivity contribution in [3.8, 4) is 0 Å². The highest BCUT2D eigenvalue weighted by molar-refractivity contribution is 7.93. The largest absolute Gasteiger partial charge is 0.392 e. The Bertz CT molecular complexity index is 406. The molecule has 0 aliphatic rings. The van der Waals surface area contributed by atoms with E-state index in [-0.39, 0.29) is 6.61 Å². The molecule has 1 rings (SSSR count). The van der Waals surface area contributed by atoms with Crippen molar-refractivity contribution >= 4 is 9.73 Å². The van der Waals surface area contributed by atoms with Crippen LogP contribution in [0.5, 0.6) is 0 Å². The zero-order valence-electron chi connectivity index (χ0n) is 7.73. The van der Waals surface area contributed by atoms with Gasteiger partial charge in [-0.05, 0) is 11.6 Å². The summed E-state index contributed by atoms with van der Waals surface area (Å²) >= 11 is 0. The third-order valence-electron chi connectivity index (χ3n) is 1.90. The van der Waals surface area contributed by atoms with Gasteiger partial charge in [-0.1, -0.05) is 18.2 Å². The molecular formula is C9H13NO2S. The summed E-state index contributed by atoms with van der Waals surface area (Å²) in [6.07, 6.45) is 1.57. The number of rotatable bonds is 2. The van der Waals surface area contributed by atoms with Crippen LogP contribution in [0.15, 0.2) is 33.5 Å². The molecule has 1 unspecified atom stereocenters. The highest BCUT2D eigenvalue weighted by Crippen LogP contribution is 2.16. The summed E-state index contributed by atoms with van der Waals surface area (Å²) in [5.41, 5.74) is 0.681. The molecule has 0 radical (unpaired) electrons. The Morgan fingerprint density at radius 2 is 2.08 bits per heavy atom. The molecule has 0 aliphatic heterocycles. The molecule has 13 heavy (non-hydrogen) atoms. The van der Waals surface area contributed by atoms with Gasteiger partial charge in [0.25, 0.3) is 0 Å². The van der Waals surface area contributed by atoms with Crippen molar-refractivity contribution in [3.05, 3.63) is 29.8 Å². The molecule has 72 valence electrons. The van der Waals surface area contributed by atoms with Crippen LogP contribution < -0.4 is 0 Å². The Labute approximate surface area is 78.6 Å². The Morgan fingerprint density at radius 3 is 2.62 bits per heavy atom. The molecule has 0 saturated carbocycles. The van der Waals surface area contributed by atoms with Crippen molar-refractivity contribution in [3.63, 3.8) is 0 Å². The average Bonchev–Trinajstić information content (AvgIpc) is 2.18. The Morgan fingerprint density at radius 1 is 1.46 bits per heavy atom. The molecule has 0 amide bonds. The topological polar surface area (TPSA) is 49.7 Å². The van der Waals surface area contributed by atoms with E-state index in [4.69, 9.17) is 5.11 Å². The maximum Gasteiger partial charge on any atom is 0.0723 e. The zero-order chi connectivity index (χ0) is 9.90. The fourth-order valence-electron chi connectivity index (χ4n) is 1.10. The van der Waals surface area contributed by atoms with E-state index in [1.807, 2.05) is 0 Å². The van der Waals surface area contributed by atoms with Crippen molar-refractivity contribution < 1.29 is 9.32 Å². The lowest BCUT2D eigenvalue weighted by Gasteiger charge is -2.07. The molecule has 1 aromatic carbocycles. The second kappa shape index (κ2) is 3.89. The van der Waals surface area contributed by atoms with Crippen LogP contribution in [0.2, 0.25) is 0 Å². The van der Waals surface area contributed by atoms with Crippen LogP contribution in [0.3, 0.4) is 0 Å². The lowest BCUT2D eigenvalue weighted by atomic mass is 10.2. The standard InChI is InChI=1S/C9H13NO2S/c1-10-13(2,12)9-6-4-3-5-8(9)7-11/h3-6,11H,7H2,1-2H3. The fourth-order valence-corrected chi connectivity index (χ4v) is 2.25.